The SMILES string of the molecule is CCCN(CCCl)c1ccc(CCCC(C)=O)cc1. The smallest absolute Gasteiger partial charge is 0.129 e. The van der Waals surface area contributed by atoms with Crippen molar-refractivity contribution in [3.8, 4) is 0 Å². The van der Waals surface area contributed by atoms with Crippen molar-refractivity contribution < 1.29 is 4.79 Å². The van der Waals surface area contributed by atoms with Gasteiger partial charge in [0.05, 0.1) is 0 Å². The highest BCUT2D eigenvalue weighted by Gasteiger charge is 2.04. The standard InChI is InChI=1S/C16H24ClNO/c1-3-12-18(13-11-17)16-9-7-15(8-10-16)6-4-5-14(2)19/h7-10H,3-6,11-13H2,1-2H3. The summed E-state index contributed by atoms with van der Waals surface area (Å²) in [6, 6.07) is 8.63. The van der Waals surface area contributed by atoms with Crippen LogP contribution in [0.5, 0.6) is 0 Å². The first-order valence-corrected chi connectivity index (χ1v) is 7.60. The van der Waals surface area contributed by atoms with E-state index in [1.54, 1.807) is 6.92 Å². The van der Waals surface area contributed by atoms with Crippen molar-refractivity contribution in [1.29, 1.82) is 0 Å². The van der Waals surface area contributed by atoms with Gasteiger partial charge in [-0.1, -0.05) is 19.1 Å². The van der Waals surface area contributed by atoms with E-state index in [9.17, 15) is 4.79 Å². The number of nitrogens with zero attached hydrogens (tertiary/aromatic N) is 1. The second-order valence-corrected chi connectivity index (χ2v) is 5.28. The van der Waals surface area contributed by atoms with E-state index < -0.39 is 0 Å². The van der Waals surface area contributed by atoms with Crippen LogP contribution in [0, 0.1) is 0 Å². The van der Waals surface area contributed by atoms with E-state index in [0.717, 1.165) is 32.4 Å². The molecule has 0 saturated heterocycles. The number of halogens is 1. The molecule has 0 saturated carbocycles. The first-order valence-electron chi connectivity index (χ1n) is 7.06. The van der Waals surface area contributed by atoms with E-state index in [4.69, 9.17) is 11.6 Å². The Morgan fingerprint density at radius 1 is 1.21 bits per heavy atom. The lowest BCUT2D eigenvalue weighted by Gasteiger charge is -2.23. The normalized spacial score (nSPS) is 10.5. The topological polar surface area (TPSA) is 20.3 Å². The Balaban J connectivity index is 2.55. The predicted octanol–water partition coefficient (Wildman–Crippen LogP) is 4.05. The quantitative estimate of drug-likeness (QED) is 0.637. The summed E-state index contributed by atoms with van der Waals surface area (Å²) in [6.07, 6.45) is 3.71. The summed E-state index contributed by atoms with van der Waals surface area (Å²) < 4.78 is 0. The molecule has 0 aliphatic carbocycles. The van der Waals surface area contributed by atoms with Crippen molar-refractivity contribution >= 4 is 23.1 Å². The Morgan fingerprint density at radius 3 is 2.42 bits per heavy atom. The lowest BCUT2D eigenvalue weighted by molar-refractivity contribution is -0.117. The van der Waals surface area contributed by atoms with Gasteiger partial charge in [-0.25, -0.2) is 0 Å². The van der Waals surface area contributed by atoms with Gasteiger partial charge < -0.3 is 9.69 Å². The highest BCUT2D eigenvalue weighted by Crippen LogP contribution is 2.17. The molecule has 0 heterocycles. The number of carbonyl (C=O) groups is 1. The number of ketones is 1. The van der Waals surface area contributed by atoms with Gasteiger partial charge in [-0.15, -0.1) is 11.6 Å². The van der Waals surface area contributed by atoms with Crippen molar-refractivity contribution in [2.24, 2.45) is 0 Å². The van der Waals surface area contributed by atoms with E-state index >= 15 is 0 Å². The average molecular weight is 282 g/mol. The van der Waals surface area contributed by atoms with E-state index in [2.05, 4.69) is 36.1 Å². The van der Waals surface area contributed by atoms with Crippen LogP contribution in [-0.2, 0) is 11.2 Å². The molecule has 0 radical (unpaired) electrons. The maximum Gasteiger partial charge on any atom is 0.129 e. The van der Waals surface area contributed by atoms with Crippen molar-refractivity contribution in [3.63, 3.8) is 0 Å². The molecule has 0 aromatic heterocycles. The largest absolute Gasteiger partial charge is 0.370 e. The molecule has 0 aliphatic rings. The number of anilines is 1. The van der Waals surface area contributed by atoms with Gasteiger partial charge in [0.2, 0.25) is 0 Å². The molecule has 0 amide bonds. The Morgan fingerprint density at radius 2 is 1.89 bits per heavy atom. The minimum absolute atomic E-state index is 0.271. The molecule has 0 unspecified atom stereocenters. The summed E-state index contributed by atoms with van der Waals surface area (Å²) in [5.74, 6) is 0.924. The predicted molar refractivity (Wildman–Crippen MR) is 83.3 cm³/mol. The number of hydrogen-bond acceptors (Lipinski definition) is 2. The zero-order valence-corrected chi connectivity index (χ0v) is 12.7. The summed E-state index contributed by atoms with van der Waals surface area (Å²) in [5, 5.41) is 0. The molecule has 1 aromatic carbocycles. The number of aryl methyl sites for hydroxylation is 1. The number of carbonyl (C=O) groups excluding carboxylic acids is 1. The second-order valence-electron chi connectivity index (χ2n) is 4.90. The third-order valence-corrected chi connectivity index (χ3v) is 3.31. The molecule has 0 bridgehead atoms. The fourth-order valence-corrected chi connectivity index (χ4v) is 2.36. The number of rotatable bonds is 9. The van der Waals surface area contributed by atoms with Gasteiger partial charge in [0, 0.05) is 31.1 Å². The van der Waals surface area contributed by atoms with E-state index in [1.807, 2.05) is 0 Å². The Bertz CT molecular complexity index is 369. The number of Topliss-reactive ketones (excluding diaryl/α,β-unsaturated/α-hetero) is 1. The van der Waals surface area contributed by atoms with Crippen LogP contribution in [0.2, 0.25) is 0 Å². The summed E-state index contributed by atoms with van der Waals surface area (Å²) >= 11 is 5.84. The monoisotopic (exact) mass is 281 g/mol. The van der Waals surface area contributed by atoms with Crippen LogP contribution >= 0.6 is 11.6 Å². The highest BCUT2D eigenvalue weighted by molar-refractivity contribution is 6.18. The van der Waals surface area contributed by atoms with E-state index in [0.29, 0.717) is 12.3 Å². The molecule has 3 heteroatoms. The number of hydrogen-bond donors (Lipinski definition) is 0. The molecule has 1 aromatic rings. The molecule has 1 rings (SSSR count). The van der Waals surface area contributed by atoms with Gasteiger partial charge in [0.1, 0.15) is 5.78 Å². The van der Waals surface area contributed by atoms with Gasteiger partial charge in [-0.05, 0) is 43.9 Å². The van der Waals surface area contributed by atoms with Crippen LogP contribution in [-0.4, -0.2) is 24.8 Å². The minimum Gasteiger partial charge on any atom is -0.370 e. The van der Waals surface area contributed by atoms with Crippen LogP contribution in [0.15, 0.2) is 24.3 Å². The van der Waals surface area contributed by atoms with Crippen molar-refractivity contribution in [2.45, 2.75) is 39.5 Å². The first-order chi connectivity index (χ1) is 9.17. The van der Waals surface area contributed by atoms with Crippen LogP contribution in [0.3, 0.4) is 0 Å². The van der Waals surface area contributed by atoms with Gasteiger partial charge >= 0.3 is 0 Å². The molecular weight excluding hydrogens is 258 g/mol. The summed E-state index contributed by atoms with van der Waals surface area (Å²) in [5.41, 5.74) is 2.53. The van der Waals surface area contributed by atoms with Crippen molar-refractivity contribution in [3.05, 3.63) is 29.8 Å². The molecule has 0 fully saturated rings. The highest BCUT2D eigenvalue weighted by atomic mass is 35.5. The molecule has 0 N–H and O–H groups in total. The van der Waals surface area contributed by atoms with Gasteiger partial charge in [0.25, 0.3) is 0 Å². The molecular formula is C16H24ClNO. The fraction of sp³-hybridized carbons (Fsp3) is 0.562. The van der Waals surface area contributed by atoms with Gasteiger partial charge in [-0.3, -0.25) is 0 Å². The molecule has 0 spiro atoms. The minimum atomic E-state index is 0.271. The van der Waals surface area contributed by atoms with Crippen LogP contribution < -0.4 is 4.90 Å². The third-order valence-electron chi connectivity index (χ3n) is 3.14. The Kier molecular flexibility index (Phi) is 7.57. The van der Waals surface area contributed by atoms with Crippen molar-refractivity contribution in [1.82, 2.24) is 0 Å². The average Bonchev–Trinajstić information content (AvgIpc) is 2.39. The second kappa shape index (κ2) is 8.98. The van der Waals surface area contributed by atoms with Gasteiger partial charge in [0.15, 0.2) is 0 Å². The number of benzene rings is 1. The van der Waals surface area contributed by atoms with E-state index in [1.165, 1.54) is 11.3 Å². The van der Waals surface area contributed by atoms with Crippen molar-refractivity contribution in [2.75, 3.05) is 23.9 Å². The molecule has 0 atom stereocenters. The Hall–Kier alpha value is -1.02. The van der Waals surface area contributed by atoms with Crippen LogP contribution in [0.25, 0.3) is 0 Å². The van der Waals surface area contributed by atoms with Crippen LogP contribution in [0.4, 0.5) is 5.69 Å². The zero-order valence-electron chi connectivity index (χ0n) is 12.0. The van der Waals surface area contributed by atoms with Gasteiger partial charge in [-0.2, -0.15) is 0 Å². The third kappa shape index (κ3) is 6.11. The summed E-state index contributed by atoms with van der Waals surface area (Å²) in [6.45, 7) is 5.75. The van der Waals surface area contributed by atoms with Crippen LogP contribution in [0.1, 0.15) is 38.7 Å². The zero-order chi connectivity index (χ0) is 14.1. The van der Waals surface area contributed by atoms with E-state index in [-0.39, 0.29) is 5.78 Å². The lowest BCUT2D eigenvalue weighted by atomic mass is 10.1. The maximum atomic E-state index is 10.9. The molecule has 106 valence electrons. The Labute approximate surface area is 121 Å². The lowest BCUT2D eigenvalue weighted by Crippen LogP contribution is -2.26. The number of alkyl halides is 1. The molecule has 19 heavy (non-hydrogen) atoms. The molecule has 0 aliphatic heterocycles. The maximum absolute atomic E-state index is 10.9. The molecule has 2 nitrogen and oxygen atoms in total. The first kappa shape index (κ1) is 16.0. The summed E-state index contributed by atoms with van der Waals surface area (Å²) in [7, 11) is 0. The summed E-state index contributed by atoms with van der Waals surface area (Å²) in [4.78, 5) is 13.2. The fourth-order valence-electron chi connectivity index (χ4n) is 2.16.